The number of rotatable bonds is 6. The van der Waals surface area contributed by atoms with Crippen LogP contribution in [0.25, 0.3) is 0 Å². The zero-order valence-corrected chi connectivity index (χ0v) is 15.7. The van der Waals surface area contributed by atoms with E-state index in [9.17, 15) is 9.59 Å². The number of nitrogens with one attached hydrogen (secondary N) is 1. The van der Waals surface area contributed by atoms with E-state index < -0.39 is 0 Å². The summed E-state index contributed by atoms with van der Waals surface area (Å²) in [5, 5.41) is 3.07. The van der Waals surface area contributed by atoms with Crippen LogP contribution < -0.4 is 15.0 Å². The summed E-state index contributed by atoms with van der Waals surface area (Å²) >= 11 is 0. The Bertz CT molecular complexity index is 770. The lowest BCUT2D eigenvalue weighted by molar-refractivity contribution is -0.123. The Kier molecular flexibility index (Phi) is 6.47. The highest BCUT2D eigenvalue weighted by Crippen LogP contribution is 2.32. The maximum absolute atomic E-state index is 12.5. The fourth-order valence-electron chi connectivity index (χ4n) is 3.41. The van der Waals surface area contributed by atoms with Crippen LogP contribution in [0.3, 0.4) is 0 Å². The molecule has 1 N–H and O–H groups in total. The minimum atomic E-state index is -0.196. The maximum atomic E-state index is 12.5. The Balaban J connectivity index is 1.74. The summed E-state index contributed by atoms with van der Waals surface area (Å²) in [4.78, 5) is 26.3. The lowest BCUT2D eigenvalue weighted by atomic mass is 9.95. The SMILES string of the molecule is CC(=O)N(CC(=O)NC1CCCCC1)c1ccccc1Oc1ccccc1. The van der Waals surface area contributed by atoms with Gasteiger partial charge < -0.3 is 10.1 Å². The molecule has 5 heteroatoms. The molecular weight excluding hydrogens is 340 g/mol. The van der Waals surface area contributed by atoms with E-state index in [1.807, 2.05) is 42.5 Å². The van der Waals surface area contributed by atoms with Crippen molar-refractivity contribution >= 4 is 17.5 Å². The van der Waals surface area contributed by atoms with E-state index in [1.54, 1.807) is 12.1 Å². The second-order valence-corrected chi connectivity index (χ2v) is 6.89. The molecule has 1 aliphatic carbocycles. The number of nitrogens with zero attached hydrogens (tertiary/aromatic N) is 1. The van der Waals surface area contributed by atoms with Crippen molar-refractivity contribution < 1.29 is 14.3 Å². The molecule has 5 nitrogen and oxygen atoms in total. The van der Waals surface area contributed by atoms with Crippen molar-refractivity contribution in [2.75, 3.05) is 11.4 Å². The molecule has 27 heavy (non-hydrogen) atoms. The molecule has 2 aromatic carbocycles. The number of hydrogen-bond acceptors (Lipinski definition) is 3. The second-order valence-electron chi connectivity index (χ2n) is 6.89. The van der Waals surface area contributed by atoms with Crippen molar-refractivity contribution in [2.24, 2.45) is 0 Å². The van der Waals surface area contributed by atoms with E-state index in [1.165, 1.54) is 18.2 Å². The molecule has 0 aliphatic heterocycles. The van der Waals surface area contributed by atoms with Crippen LogP contribution in [0.4, 0.5) is 5.69 Å². The van der Waals surface area contributed by atoms with Crippen LogP contribution in [-0.4, -0.2) is 24.4 Å². The van der Waals surface area contributed by atoms with E-state index >= 15 is 0 Å². The molecule has 0 bridgehead atoms. The minimum absolute atomic E-state index is 0.0129. The van der Waals surface area contributed by atoms with E-state index in [-0.39, 0.29) is 24.4 Å². The van der Waals surface area contributed by atoms with Gasteiger partial charge >= 0.3 is 0 Å². The first-order chi connectivity index (χ1) is 13.1. The first kappa shape index (κ1) is 19.0. The van der Waals surface area contributed by atoms with Crippen LogP contribution in [0, 0.1) is 0 Å². The van der Waals surface area contributed by atoms with Gasteiger partial charge in [0, 0.05) is 13.0 Å². The van der Waals surface area contributed by atoms with Crippen molar-refractivity contribution in [2.45, 2.75) is 45.1 Å². The molecule has 1 aliphatic rings. The molecule has 1 saturated carbocycles. The minimum Gasteiger partial charge on any atom is -0.455 e. The maximum Gasteiger partial charge on any atom is 0.240 e. The summed E-state index contributed by atoms with van der Waals surface area (Å²) in [7, 11) is 0. The van der Waals surface area contributed by atoms with E-state index in [2.05, 4.69) is 5.32 Å². The number of carbonyl (C=O) groups is 2. The molecule has 3 rings (SSSR count). The number of carbonyl (C=O) groups excluding carboxylic acids is 2. The summed E-state index contributed by atoms with van der Waals surface area (Å²) in [6.45, 7) is 1.45. The lowest BCUT2D eigenvalue weighted by Gasteiger charge is -2.26. The van der Waals surface area contributed by atoms with Crippen molar-refractivity contribution in [1.29, 1.82) is 0 Å². The molecule has 0 saturated heterocycles. The molecule has 0 aromatic heterocycles. The number of benzene rings is 2. The normalized spacial score (nSPS) is 14.4. The summed E-state index contributed by atoms with van der Waals surface area (Å²) in [5.74, 6) is 0.897. The van der Waals surface area contributed by atoms with Gasteiger partial charge in [0.25, 0.3) is 0 Å². The van der Waals surface area contributed by atoms with Gasteiger partial charge in [0.2, 0.25) is 11.8 Å². The average Bonchev–Trinajstić information content (AvgIpc) is 2.68. The predicted molar refractivity (Wildman–Crippen MR) is 106 cm³/mol. The predicted octanol–water partition coefficient (Wildman–Crippen LogP) is 4.28. The van der Waals surface area contributed by atoms with Gasteiger partial charge in [-0.15, -0.1) is 0 Å². The first-order valence-corrected chi connectivity index (χ1v) is 9.53. The Labute approximate surface area is 160 Å². The number of ether oxygens (including phenoxy) is 1. The van der Waals surface area contributed by atoms with E-state index in [4.69, 9.17) is 4.74 Å². The van der Waals surface area contributed by atoms with Gasteiger partial charge in [-0.2, -0.15) is 0 Å². The topological polar surface area (TPSA) is 58.6 Å². The van der Waals surface area contributed by atoms with E-state index in [0.29, 0.717) is 17.2 Å². The summed E-state index contributed by atoms with van der Waals surface area (Å²) in [5.41, 5.74) is 0.590. The van der Waals surface area contributed by atoms with Gasteiger partial charge in [-0.3, -0.25) is 14.5 Å². The van der Waals surface area contributed by atoms with Gasteiger partial charge in [0.15, 0.2) is 5.75 Å². The summed E-state index contributed by atoms with van der Waals surface area (Å²) in [6.07, 6.45) is 5.55. The first-order valence-electron chi connectivity index (χ1n) is 9.53. The number of hydrogen-bond donors (Lipinski definition) is 1. The molecule has 2 amide bonds. The molecule has 0 unspecified atom stereocenters. The molecule has 2 aromatic rings. The Hall–Kier alpha value is -2.82. The van der Waals surface area contributed by atoms with Crippen LogP contribution >= 0.6 is 0 Å². The highest BCUT2D eigenvalue weighted by Gasteiger charge is 2.22. The Morgan fingerprint density at radius 3 is 2.37 bits per heavy atom. The van der Waals surface area contributed by atoms with Crippen LogP contribution in [0.15, 0.2) is 54.6 Å². The monoisotopic (exact) mass is 366 g/mol. The summed E-state index contributed by atoms with van der Waals surface area (Å²) < 4.78 is 5.95. The molecule has 1 fully saturated rings. The van der Waals surface area contributed by atoms with Crippen molar-refractivity contribution in [3.8, 4) is 11.5 Å². The third-order valence-corrected chi connectivity index (χ3v) is 4.78. The smallest absolute Gasteiger partial charge is 0.240 e. The quantitative estimate of drug-likeness (QED) is 0.830. The highest BCUT2D eigenvalue weighted by atomic mass is 16.5. The lowest BCUT2D eigenvalue weighted by Crippen LogP contribution is -2.44. The number of anilines is 1. The van der Waals surface area contributed by atoms with Gasteiger partial charge in [-0.1, -0.05) is 49.6 Å². The van der Waals surface area contributed by atoms with Crippen molar-refractivity contribution in [3.05, 3.63) is 54.6 Å². The molecule has 0 heterocycles. The third kappa shape index (κ3) is 5.33. The van der Waals surface area contributed by atoms with Crippen LogP contribution in [0.2, 0.25) is 0 Å². The second kappa shape index (κ2) is 9.21. The fraction of sp³-hybridized carbons (Fsp3) is 0.364. The zero-order chi connectivity index (χ0) is 19.1. The molecule has 142 valence electrons. The van der Waals surface area contributed by atoms with Crippen LogP contribution in [0.1, 0.15) is 39.0 Å². The Morgan fingerprint density at radius 1 is 1.00 bits per heavy atom. The van der Waals surface area contributed by atoms with Gasteiger partial charge in [0.05, 0.1) is 5.69 Å². The third-order valence-electron chi connectivity index (χ3n) is 4.78. The van der Waals surface area contributed by atoms with Gasteiger partial charge in [0.1, 0.15) is 12.3 Å². The zero-order valence-electron chi connectivity index (χ0n) is 15.7. The largest absolute Gasteiger partial charge is 0.455 e. The van der Waals surface area contributed by atoms with Crippen molar-refractivity contribution in [3.63, 3.8) is 0 Å². The highest BCUT2D eigenvalue weighted by molar-refractivity contribution is 5.98. The molecule has 0 radical (unpaired) electrons. The standard InChI is InChI=1S/C22H26N2O3/c1-17(25)24(16-22(26)23-18-10-4-2-5-11-18)20-14-8-9-15-21(20)27-19-12-6-3-7-13-19/h3,6-9,12-15,18H,2,4-5,10-11,16H2,1H3,(H,23,26). The number of para-hydroxylation sites is 3. The molecule has 0 atom stereocenters. The van der Waals surface area contributed by atoms with Crippen molar-refractivity contribution in [1.82, 2.24) is 5.32 Å². The average molecular weight is 366 g/mol. The molecular formula is C22H26N2O3. The number of amides is 2. The Morgan fingerprint density at radius 2 is 1.67 bits per heavy atom. The van der Waals surface area contributed by atoms with E-state index in [0.717, 1.165) is 25.7 Å². The van der Waals surface area contributed by atoms with Crippen LogP contribution in [-0.2, 0) is 9.59 Å². The van der Waals surface area contributed by atoms with Crippen LogP contribution in [0.5, 0.6) is 11.5 Å². The fourth-order valence-corrected chi connectivity index (χ4v) is 3.41. The van der Waals surface area contributed by atoms with Gasteiger partial charge in [-0.05, 0) is 37.1 Å². The van der Waals surface area contributed by atoms with Gasteiger partial charge in [-0.25, -0.2) is 0 Å². The molecule has 0 spiro atoms. The summed E-state index contributed by atoms with van der Waals surface area (Å²) in [6, 6.07) is 16.9.